The van der Waals surface area contributed by atoms with Crippen molar-refractivity contribution in [3.8, 4) is 5.75 Å². The minimum atomic E-state index is -0.298. The molecule has 3 aromatic carbocycles. The molecule has 0 saturated carbocycles. The number of nitrogens with zero attached hydrogens (tertiary/aromatic N) is 1. The van der Waals surface area contributed by atoms with Crippen LogP contribution < -0.4 is 4.74 Å². The molecule has 0 unspecified atom stereocenters. The number of thioether (sulfide) groups is 1. The van der Waals surface area contributed by atoms with Crippen molar-refractivity contribution in [1.82, 2.24) is 4.90 Å². The van der Waals surface area contributed by atoms with E-state index < -0.39 is 0 Å². The first kappa shape index (κ1) is 21.6. The number of hydrogen-bond acceptors (Lipinski definition) is 4. The standard InChI is InChI=1S/C24H17ClFNO2S2/c25-19-8-11-21(29-15-17-6-9-20(26)10-7-17)18(12-19)13-22-23(28)27(24(30)31-22)14-16-4-2-1-3-5-16/h1-13H,14-15H2/b22-13+. The maximum Gasteiger partial charge on any atom is 0.266 e. The number of carbonyl (C=O) groups excluding carboxylic acids is 1. The van der Waals surface area contributed by atoms with Crippen LogP contribution in [0.25, 0.3) is 6.08 Å². The Morgan fingerprint density at radius 1 is 1.03 bits per heavy atom. The van der Waals surface area contributed by atoms with Crippen LogP contribution in [0.3, 0.4) is 0 Å². The number of thiocarbonyl (C=S) groups is 1. The van der Waals surface area contributed by atoms with E-state index in [1.54, 1.807) is 41.3 Å². The minimum absolute atomic E-state index is 0.150. The summed E-state index contributed by atoms with van der Waals surface area (Å²) >= 11 is 12.9. The van der Waals surface area contributed by atoms with Gasteiger partial charge in [-0.1, -0.05) is 78.0 Å². The van der Waals surface area contributed by atoms with E-state index in [0.29, 0.717) is 32.1 Å². The highest BCUT2D eigenvalue weighted by Gasteiger charge is 2.32. The van der Waals surface area contributed by atoms with Crippen molar-refractivity contribution in [2.75, 3.05) is 0 Å². The zero-order valence-corrected chi connectivity index (χ0v) is 18.6. The van der Waals surface area contributed by atoms with Crippen molar-refractivity contribution in [3.05, 3.63) is 105 Å². The van der Waals surface area contributed by atoms with E-state index >= 15 is 0 Å². The third-order valence-electron chi connectivity index (χ3n) is 4.62. The van der Waals surface area contributed by atoms with Gasteiger partial charge >= 0.3 is 0 Å². The van der Waals surface area contributed by atoms with E-state index in [2.05, 4.69) is 0 Å². The molecule has 0 N–H and O–H groups in total. The molecule has 0 aliphatic carbocycles. The van der Waals surface area contributed by atoms with E-state index in [-0.39, 0.29) is 18.3 Å². The molecule has 4 rings (SSSR count). The lowest BCUT2D eigenvalue weighted by atomic mass is 10.1. The van der Waals surface area contributed by atoms with E-state index in [1.807, 2.05) is 30.3 Å². The van der Waals surface area contributed by atoms with Gasteiger partial charge in [0.15, 0.2) is 0 Å². The predicted octanol–water partition coefficient (Wildman–Crippen LogP) is 6.46. The number of ether oxygens (including phenoxy) is 1. The molecular formula is C24H17ClFNO2S2. The molecule has 31 heavy (non-hydrogen) atoms. The number of hydrogen-bond donors (Lipinski definition) is 0. The van der Waals surface area contributed by atoms with E-state index in [1.165, 1.54) is 23.9 Å². The monoisotopic (exact) mass is 469 g/mol. The Labute approximate surface area is 194 Å². The van der Waals surface area contributed by atoms with Gasteiger partial charge in [-0.25, -0.2) is 4.39 Å². The first-order valence-electron chi connectivity index (χ1n) is 9.46. The van der Waals surface area contributed by atoms with Crippen LogP contribution in [-0.2, 0) is 17.9 Å². The average Bonchev–Trinajstić information content (AvgIpc) is 3.02. The third kappa shape index (κ3) is 5.34. The number of carbonyl (C=O) groups is 1. The molecule has 1 fully saturated rings. The van der Waals surface area contributed by atoms with Crippen LogP contribution in [0, 0.1) is 5.82 Å². The van der Waals surface area contributed by atoms with Gasteiger partial charge in [-0.3, -0.25) is 9.69 Å². The second-order valence-corrected chi connectivity index (χ2v) is 8.96. The molecule has 0 aromatic heterocycles. The van der Waals surface area contributed by atoms with Gasteiger partial charge in [0, 0.05) is 10.6 Å². The summed E-state index contributed by atoms with van der Waals surface area (Å²) in [6, 6.07) is 21.0. The Bertz CT molecular complexity index is 1150. The van der Waals surface area contributed by atoms with E-state index in [4.69, 9.17) is 28.6 Å². The van der Waals surface area contributed by atoms with Gasteiger partial charge in [-0.05, 0) is 47.5 Å². The lowest BCUT2D eigenvalue weighted by Crippen LogP contribution is -2.27. The summed E-state index contributed by atoms with van der Waals surface area (Å²) in [5.74, 6) is 0.124. The minimum Gasteiger partial charge on any atom is -0.488 e. The number of amides is 1. The molecule has 1 heterocycles. The zero-order chi connectivity index (χ0) is 21.8. The molecule has 0 spiro atoms. The fourth-order valence-electron chi connectivity index (χ4n) is 3.05. The fraction of sp³-hybridized carbons (Fsp3) is 0.0833. The Morgan fingerprint density at radius 3 is 2.52 bits per heavy atom. The second-order valence-electron chi connectivity index (χ2n) is 6.85. The lowest BCUT2D eigenvalue weighted by Gasteiger charge is -2.14. The van der Waals surface area contributed by atoms with Crippen LogP contribution in [0.5, 0.6) is 5.75 Å². The first-order chi connectivity index (χ1) is 15.0. The summed E-state index contributed by atoms with van der Waals surface area (Å²) in [6.07, 6.45) is 1.75. The lowest BCUT2D eigenvalue weighted by molar-refractivity contribution is -0.122. The summed E-state index contributed by atoms with van der Waals surface area (Å²) in [4.78, 5) is 15.1. The molecule has 156 valence electrons. The molecule has 0 atom stereocenters. The van der Waals surface area contributed by atoms with Gasteiger partial charge in [0.25, 0.3) is 5.91 Å². The largest absolute Gasteiger partial charge is 0.488 e. The molecule has 0 radical (unpaired) electrons. The van der Waals surface area contributed by atoms with Crippen LogP contribution >= 0.6 is 35.6 Å². The predicted molar refractivity (Wildman–Crippen MR) is 127 cm³/mol. The molecule has 3 nitrogen and oxygen atoms in total. The third-order valence-corrected chi connectivity index (χ3v) is 6.24. The van der Waals surface area contributed by atoms with Gasteiger partial charge in [0.2, 0.25) is 0 Å². The average molecular weight is 470 g/mol. The number of halogens is 2. The van der Waals surface area contributed by atoms with Crippen molar-refractivity contribution in [2.45, 2.75) is 13.2 Å². The Morgan fingerprint density at radius 2 is 1.77 bits per heavy atom. The van der Waals surface area contributed by atoms with E-state index in [0.717, 1.165) is 11.1 Å². The van der Waals surface area contributed by atoms with Crippen LogP contribution in [0.15, 0.2) is 77.7 Å². The molecular weight excluding hydrogens is 453 g/mol. The fourth-order valence-corrected chi connectivity index (χ4v) is 4.48. The van der Waals surface area contributed by atoms with Crippen molar-refractivity contribution in [2.24, 2.45) is 0 Å². The van der Waals surface area contributed by atoms with Gasteiger partial charge in [-0.15, -0.1) is 0 Å². The summed E-state index contributed by atoms with van der Waals surface area (Å²) < 4.78 is 19.5. The normalized spacial score (nSPS) is 15.0. The van der Waals surface area contributed by atoms with Crippen molar-refractivity contribution >= 4 is 51.9 Å². The van der Waals surface area contributed by atoms with Crippen LogP contribution in [0.2, 0.25) is 5.02 Å². The Hall–Kier alpha value is -2.67. The number of benzene rings is 3. The van der Waals surface area contributed by atoms with Crippen molar-refractivity contribution in [3.63, 3.8) is 0 Å². The van der Waals surface area contributed by atoms with Crippen LogP contribution in [0.1, 0.15) is 16.7 Å². The second kappa shape index (κ2) is 9.64. The van der Waals surface area contributed by atoms with Crippen LogP contribution in [-0.4, -0.2) is 15.1 Å². The van der Waals surface area contributed by atoms with Gasteiger partial charge in [0.1, 0.15) is 22.5 Å². The first-order valence-corrected chi connectivity index (χ1v) is 11.1. The topological polar surface area (TPSA) is 29.5 Å². The molecule has 1 amide bonds. The molecule has 0 bridgehead atoms. The van der Waals surface area contributed by atoms with Crippen molar-refractivity contribution < 1.29 is 13.9 Å². The number of rotatable bonds is 6. The SMILES string of the molecule is O=C1/C(=C\c2cc(Cl)ccc2OCc2ccc(F)cc2)SC(=S)N1Cc1ccccc1. The van der Waals surface area contributed by atoms with Gasteiger partial charge < -0.3 is 4.74 Å². The highest BCUT2D eigenvalue weighted by atomic mass is 35.5. The highest BCUT2D eigenvalue weighted by molar-refractivity contribution is 8.26. The molecule has 3 aromatic rings. The van der Waals surface area contributed by atoms with Crippen LogP contribution in [0.4, 0.5) is 4.39 Å². The summed E-state index contributed by atoms with van der Waals surface area (Å²) in [5.41, 5.74) is 2.51. The molecule has 1 aliphatic heterocycles. The Balaban J connectivity index is 1.54. The van der Waals surface area contributed by atoms with Gasteiger partial charge in [0.05, 0.1) is 11.4 Å². The van der Waals surface area contributed by atoms with Crippen molar-refractivity contribution in [1.29, 1.82) is 0 Å². The van der Waals surface area contributed by atoms with E-state index in [9.17, 15) is 9.18 Å². The quantitative estimate of drug-likeness (QED) is 0.306. The maximum absolute atomic E-state index is 13.1. The zero-order valence-electron chi connectivity index (χ0n) is 16.3. The van der Waals surface area contributed by atoms with Gasteiger partial charge in [-0.2, -0.15) is 0 Å². The smallest absolute Gasteiger partial charge is 0.266 e. The maximum atomic E-state index is 13.1. The molecule has 1 aliphatic rings. The Kier molecular flexibility index (Phi) is 6.70. The molecule has 1 saturated heterocycles. The summed E-state index contributed by atoms with van der Waals surface area (Å²) in [6.45, 7) is 0.685. The summed E-state index contributed by atoms with van der Waals surface area (Å²) in [7, 11) is 0. The summed E-state index contributed by atoms with van der Waals surface area (Å²) in [5, 5.41) is 0.528. The highest BCUT2D eigenvalue weighted by Crippen LogP contribution is 2.36. The molecule has 7 heteroatoms.